The quantitative estimate of drug-likeness (QED) is 0.0821. The first-order chi connectivity index (χ1) is 30.6. The highest BCUT2D eigenvalue weighted by Crippen LogP contribution is 2.33. The molecule has 0 aliphatic carbocycles. The average Bonchev–Trinajstić information content (AvgIpc) is 3.81. The van der Waals surface area contributed by atoms with E-state index in [0.29, 0.717) is 30.1 Å². The lowest BCUT2D eigenvalue weighted by Gasteiger charge is -2.35. The molecule has 2 saturated heterocycles. The second-order valence-electron chi connectivity index (χ2n) is 17.3. The molecule has 7 N–H and O–H groups in total. The number of rotatable bonds is 15. The van der Waals surface area contributed by atoms with Crippen LogP contribution in [0.15, 0.2) is 72.3 Å². The van der Waals surface area contributed by atoms with Gasteiger partial charge in [0, 0.05) is 44.0 Å². The Morgan fingerprint density at radius 3 is 2.48 bits per heavy atom. The Kier molecular flexibility index (Phi) is 15.5. The fraction of sp³-hybridized carbons (Fsp3) is 0.426. The number of amides is 4. The topological polar surface area (TPSA) is 225 Å². The third kappa shape index (κ3) is 11.7. The fourth-order valence-electron chi connectivity index (χ4n) is 7.97. The number of aryl methyl sites for hydroxylation is 1. The van der Waals surface area contributed by atoms with E-state index in [1.807, 2.05) is 76.5 Å². The van der Waals surface area contributed by atoms with Crippen LogP contribution in [-0.2, 0) is 19.1 Å². The fourth-order valence-corrected chi connectivity index (χ4v) is 8.78. The van der Waals surface area contributed by atoms with Gasteiger partial charge in [0.05, 0.1) is 58.5 Å². The zero-order valence-corrected chi connectivity index (χ0v) is 38.0. The maximum atomic E-state index is 14.2. The summed E-state index contributed by atoms with van der Waals surface area (Å²) >= 11 is 1.57. The molecule has 16 nitrogen and oxygen atoms in total. The summed E-state index contributed by atoms with van der Waals surface area (Å²) in [7, 11) is 1.53. The number of likely N-dealkylation sites (tertiary alicyclic amines) is 1. The second kappa shape index (κ2) is 21.0. The number of nitrogens with zero attached hydrogens (tertiary/aromatic N) is 4. The number of carbonyl (C=O) groups is 4. The van der Waals surface area contributed by atoms with Crippen LogP contribution in [0.5, 0.6) is 5.75 Å². The van der Waals surface area contributed by atoms with Crippen LogP contribution < -0.4 is 31.3 Å². The predicted octanol–water partition coefficient (Wildman–Crippen LogP) is 5.47. The number of thiazole rings is 1. The minimum Gasteiger partial charge on any atom is -0.494 e. The first-order valence-corrected chi connectivity index (χ1v) is 22.3. The summed E-state index contributed by atoms with van der Waals surface area (Å²) in [4.78, 5) is 67.8. The number of allylic oxidation sites excluding steroid dienone is 1. The van der Waals surface area contributed by atoms with Gasteiger partial charge in [-0.3, -0.25) is 19.2 Å². The van der Waals surface area contributed by atoms with Crippen molar-refractivity contribution in [2.24, 2.45) is 11.1 Å². The van der Waals surface area contributed by atoms with Crippen molar-refractivity contribution >= 4 is 58.3 Å². The maximum Gasteiger partial charge on any atom is 0.274 e. The Morgan fingerprint density at radius 2 is 1.80 bits per heavy atom. The van der Waals surface area contributed by atoms with Gasteiger partial charge in [0.1, 0.15) is 30.1 Å². The lowest BCUT2D eigenvalue weighted by atomic mass is 9.85. The number of carbonyl (C=O) groups excluding carboxylic acids is 4. The molecule has 2 aliphatic heterocycles. The molecule has 2 aromatic carbocycles. The molecule has 0 unspecified atom stereocenters. The summed E-state index contributed by atoms with van der Waals surface area (Å²) in [5.74, 6) is -1.24. The molecule has 6 rings (SSSR count). The number of nitrogens with one attached hydrogen (secondary N) is 4. The van der Waals surface area contributed by atoms with Gasteiger partial charge in [-0.1, -0.05) is 51.1 Å². The molecular weight excluding hydrogens is 835 g/mol. The molecule has 4 heterocycles. The highest BCUT2D eigenvalue weighted by atomic mass is 32.1. The van der Waals surface area contributed by atoms with Crippen LogP contribution in [0.1, 0.15) is 86.9 Å². The van der Waals surface area contributed by atoms with Gasteiger partial charge in [0.25, 0.3) is 5.91 Å². The summed E-state index contributed by atoms with van der Waals surface area (Å²) in [6, 6.07) is 16.1. The van der Waals surface area contributed by atoms with E-state index in [9.17, 15) is 24.3 Å². The van der Waals surface area contributed by atoms with Crippen molar-refractivity contribution in [3.05, 3.63) is 94.9 Å². The average molecular weight is 894 g/mol. The lowest BCUT2D eigenvalue weighted by Crippen LogP contribution is -2.58. The van der Waals surface area contributed by atoms with Crippen LogP contribution in [0.25, 0.3) is 16.1 Å². The molecule has 0 spiro atoms. The molecule has 0 radical (unpaired) electrons. The Hall–Kier alpha value is -6.17. The largest absolute Gasteiger partial charge is 0.494 e. The van der Waals surface area contributed by atoms with Crippen LogP contribution in [0, 0.1) is 17.7 Å². The van der Waals surface area contributed by atoms with Gasteiger partial charge in [0.15, 0.2) is 0 Å². The number of aromatic nitrogens is 2. The highest BCUT2D eigenvalue weighted by Gasteiger charge is 2.44. The van der Waals surface area contributed by atoms with Crippen LogP contribution >= 0.6 is 11.3 Å². The maximum absolute atomic E-state index is 14.2. The minimum atomic E-state index is -0.980. The van der Waals surface area contributed by atoms with E-state index < -0.39 is 41.3 Å². The van der Waals surface area contributed by atoms with Gasteiger partial charge in [0.2, 0.25) is 17.7 Å². The summed E-state index contributed by atoms with van der Waals surface area (Å²) in [6.07, 6.45) is 3.60. The third-order valence-electron chi connectivity index (χ3n) is 11.5. The van der Waals surface area contributed by atoms with E-state index in [1.54, 1.807) is 35.6 Å². The number of anilines is 2. The molecule has 4 aromatic rings. The van der Waals surface area contributed by atoms with Crippen LogP contribution in [0.2, 0.25) is 0 Å². The van der Waals surface area contributed by atoms with E-state index in [4.69, 9.17) is 20.6 Å². The molecule has 5 atom stereocenters. The number of pyridine rings is 1. The first-order valence-electron chi connectivity index (χ1n) is 21.4. The number of benzene rings is 2. The standard InChI is InChI=1S/C47H59N9O7S/c1-28(30-12-14-31(15-13-30)42-29(2)50-27-64-42)51-45(60)39-24-33(57)25-56(39)46(61)43(47(3,4)5)54-41(58)26-63-34-9-8-21-55(22-19-34)32-16-17-37(40(23-32)62-6)53-44(59)38-11-7-10-36(52-38)35(49)18-20-48/h7,10-18,20,23,27-28,33-34,39,43,48,57H,8-9,19,21-22,24-26,49H2,1-6H3,(H,51,60)(H,53,59)(H,54,58)/b35-18-,48-20?/t28-,33+,34-,39-,43+/m0/s1. The van der Waals surface area contributed by atoms with E-state index in [2.05, 4.69) is 30.8 Å². The third-order valence-corrected chi connectivity index (χ3v) is 12.5. The van der Waals surface area contributed by atoms with E-state index in [-0.39, 0.29) is 49.0 Å². The highest BCUT2D eigenvalue weighted by molar-refractivity contribution is 7.13. The normalized spacial score (nSPS) is 19.0. The Bertz CT molecular complexity index is 2340. The van der Waals surface area contributed by atoms with Crippen LogP contribution in [-0.4, -0.2) is 107 Å². The summed E-state index contributed by atoms with van der Waals surface area (Å²) in [5, 5.41) is 26.7. The van der Waals surface area contributed by atoms with Crippen molar-refractivity contribution in [1.82, 2.24) is 25.5 Å². The number of hydrogen-bond acceptors (Lipinski definition) is 13. The van der Waals surface area contributed by atoms with Gasteiger partial charge in [-0.2, -0.15) is 0 Å². The Balaban J connectivity index is 1.01. The van der Waals surface area contributed by atoms with E-state index >= 15 is 0 Å². The second-order valence-corrected chi connectivity index (χ2v) is 18.1. The zero-order chi connectivity index (χ0) is 46.1. The molecule has 0 saturated carbocycles. The number of nitrogens with two attached hydrogens (primary N) is 1. The molecule has 2 aliphatic rings. The summed E-state index contributed by atoms with van der Waals surface area (Å²) < 4.78 is 11.8. The number of ether oxygens (including phenoxy) is 2. The number of aliphatic hydroxyl groups is 1. The van der Waals surface area contributed by atoms with Gasteiger partial charge in [-0.25, -0.2) is 9.97 Å². The Morgan fingerprint density at radius 1 is 1.05 bits per heavy atom. The number of methoxy groups -OCH3 is 1. The van der Waals surface area contributed by atoms with Gasteiger partial charge < -0.3 is 51.5 Å². The van der Waals surface area contributed by atoms with Crippen molar-refractivity contribution in [1.29, 1.82) is 5.41 Å². The van der Waals surface area contributed by atoms with Crippen molar-refractivity contribution in [3.8, 4) is 16.2 Å². The van der Waals surface area contributed by atoms with Gasteiger partial charge in [-0.15, -0.1) is 11.3 Å². The van der Waals surface area contributed by atoms with E-state index in [0.717, 1.165) is 53.0 Å². The van der Waals surface area contributed by atoms with Crippen molar-refractivity contribution in [2.45, 2.75) is 90.6 Å². The molecule has 4 amide bonds. The van der Waals surface area contributed by atoms with Crippen molar-refractivity contribution in [3.63, 3.8) is 0 Å². The molecule has 0 bridgehead atoms. The number of hydrogen-bond donors (Lipinski definition) is 6. The molecular formula is C47H59N9O7S. The first kappa shape index (κ1) is 47.3. The molecule has 64 heavy (non-hydrogen) atoms. The molecule has 2 fully saturated rings. The predicted molar refractivity (Wildman–Crippen MR) is 248 cm³/mol. The van der Waals surface area contributed by atoms with Gasteiger partial charge in [-0.05, 0) is 80.0 Å². The number of β-amino-alcohol motifs (C(OH)–C–C–N with tert-alkyl or cyclic N) is 1. The van der Waals surface area contributed by atoms with Crippen molar-refractivity contribution in [2.75, 3.05) is 43.6 Å². The molecule has 340 valence electrons. The number of aliphatic hydroxyl groups excluding tert-OH is 1. The summed E-state index contributed by atoms with van der Waals surface area (Å²) in [5.41, 5.74) is 12.1. The van der Waals surface area contributed by atoms with E-state index in [1.165, 1.54) is 18.1 Å². The smallest absolute Gasteiger partial charge is 0.274 e. The SMILES string of the molecule is COc1cc(N2CCC[C@H](OCC(=O)N[C@H](C(=O)N3C[C@H](O)C[C@H]3C(=O)N[C@@H](C)c3ccc(-c4scnc4C)cc3)C(C)(C)C)CC2)ccc1NC(=O)c1cccc(/C(N)=C/C=N)n1. The minimum absolute atomic E-state index is 0.0255. The van der Waals surface area contributed by atoms with Crippen LogP contribution in [0.4, 0.5) is 11.4 Å². The molecule has 2 aromatic heterocycles. The summed E-state index contributed by atoms with van der Waals surface area (Å²) in [6.45, 7) is 10.5. The zero-order valence-electron chi connectivity index (χ0n) is 37.2. The lowest BCUT2D eigenvalue weighted by molar-refractivity contribution is -0.145. The molecule has 17 heteroatoms. The van der Waals surface area contributed by atoms with Gasteiger partial charge >= 0.3 is 0 Å². The van der Waals surface area contributed by atoms with Crippen LogP contribution in [0.3, 0.4) is 0 Å². The van der Waals surface area contributed by atoms with Crippen molar-refractivity contribution < 1.29 is 33.8 Å². The Labute approximate surface area is 378 Å². The monoisotopic (exact) mass is 893 g/mol.